The van der Waals surface area contributed by atoms with E-state index in [2.05, 4.69) is 48.5 Å². The first kappa shape index (κ1) is 12.6. The molecule has 0 saturated heterocycles. The first-order valence-electron chi connectivity index (χ1n) is 6.63. The number of nitrogens with zero attached hydrogens (tertiary/aromatic N) is 1. The van der Waals surface area contributed by atoms with Crippen LogP contribution in [0.3, 0.4) is 0 Å². The first-order valence-corrected chi connectivity index (χ1v) is 6.63. The molecule has 1 aliphatic carbocycles. The highest BCUT2D eigenvalue weighted by Gasteiger charge is 2.30. The lowest BCUT2D eigenvalue weighted by atomic mass is 10.1. The van der Waals surface area contributed by atoms with Gasteiger partial charge in [-0.25, -0.2) is 0 Å². The van der Waals surface area contributed by atoms with Gasteiger partial charge in [-0.05, 0) is 50.9 Å². The highest BCUT2D eigenvalue weighted by molar-refractivity contribution is 5.22. The standard InChI is InChI=1S/C15H24N2/c1-12(15-8-9-15)17(3)11-14-6-4-13(5-7-14)10-16-2/h4-7,12,15-16H,8-11H2,1-3H3. The molecule has 2 nitrogen and oxygen atoms in total. The molecule has 1 N–H and O–H groups in total. The zero-order chi connectivity index (χ0) is 12.3. The van der Waals surface area contributed by atoms with Crippen molar-refractivity contribution in [3.63, 3.8) is 0 Å². The summed E-state index contributed by atoms with van der Waals surface area (Å²) in [4.78, 5) is 2.48. The van der Waals surface area contributed by atoms with Crippen LogP contribution in [0.1, 0.15) is 30.9 Å². The Bertz CT molecular complexity index is 340. The number of benzene rings is 1. The third kappa shape index (κ3) is 3.55. The van der Waals surface area contributed by atoms with E-state index in [0.29, 0.717) is 0 Å². The van der Waals surface area contributed by atoms with Gasteiger partial charge in [-0.2, -0.15) is 0 Å². The van der Waals surface area contributed by atoms with Crippen LogP contribution < -0.4 is 5.32 Å². The first-order chi connectivity index (χ1) is 8.20. The molecule has 0 aliphatic heterocycles. The van der Waals surface area contributed by atoms with Gasteiger partial charge in [-0.1, -0.05) is 24.3 Å². The predicted molar refractivity (Wildman–Crippen MR) is 72.9 cm³/mol. The van der Waals surface area contributed by atoms with Crippen molar-refractivity contribution in [2.45, 2.75) is 38.9 Å². The summed E-state index contributed by atoms with van der Waals surface area (Å²) in [5, 5.41) is 3.18. The third-order valence-corrected chi connectivity index (χ3v) is 3.84. The summed E-state index contributed by atoms with van der Waals surface area (Å²) in [6, 6.07) is 9.68. The van der Waals surface area contributed by atoms with Crippen LogP contribution in [0, 0.1) is 5.92 Å². The maximum absolute atomic E-state index is 3.18. The zero-order valence-corrected chi connectivity index (χ0v) is 11.2. The smallest absolute Gasteiger partial charge is 0.0233 e. The Balaban J connectivity index is 1.88. The molecule has 0 bridgehead atoms. The molecule has 1 aliphatic rings. The summed E-state index contributed by atoms with van der Waals surface area (Å²) < 4.78 is 0. The lowest BCUT2D eigenvalue weighted by Crippen LogP contribution is -2.30. The highest BCUT2D eigenvalue weighted by atomic mass is 15.1. The van der Waals surface area contributed by atoms with E-state index in [4.69, 9.17) is 0 Å². The van der Waals surface area contributed by atoms with Gasteiger partial charge in [0.05, 0.1) is 0 Å². The minimum Gasteiger partial charge on any atom is -0.316 e. The molecule has 17 heavy (non-hydrogen) atoms. The van der Waals surface area contributed by atoms with Crippen LogP contribution >= 0.6 is 0 Å². The lowest BCUT2D eigenvalue weighted by Gasteiger charge is -2.24. The number of hydrogen-bond acceptors (Lipinski definition) is 2. The monoisotopic (exact) mass is 232 g/mol. The average Bonchev–Trinajstić information content (AvgIpc) is 3.15. The Morgan fingerprint density at radius 2 is 1.82 bits per heavy atom. The molecule has 1 aromatic rings. The Kier molecular flexibility index (Phi) is 4.19. The summed E-state index contributed by atoms with van der Waals surface area (Å²) in [5.74, 6) is 0.948. The van der Waals surface area contributed by atoms with Gasteiger partial charge in [0.2, 0.25) is 0 Å². The molecule has 0 amide bonds. The molecule has 94 valence electrons. The van der Waals surface area contributed by atoms with E-state index in [1.54, 1.807) is 0 Å². The van der Waals surface area contributed by atoms with Crippen LogP contribution in [0.15, 0.2) is 24.3 Å². The Morgan fingerprint density at radius 1 is 1.24 bits per heavy atom. The van der Waals surface area contributed by atoms with Gasteiger partial charge in [0.1, 0.15) is 0 Å². The van der Waals surface area contributed by atoms with Crippen molar-refractivity contribution in [1.29, 1.82) is 0 Å². The molecule has 0 spiro atoms. The second-order valence-corrected chi connectivity index (χ2v) is 5.34. The zero-order valence-electron chi connectivity index (χ0n) is 11.2. The Labute approximate surface area is 105 Å². The van der Waals surface area contributed by atoms with Crippen molar-refractivity contribution < 1.29 is 0 Å². The Hall–Kier alpha value is -0.860. The fourth-order valence-corrected chi connectivity index (χ4v) is 2.34. The van der Waals surface area contributed by atoms with Crippen molar-refractivity contribution in [2.24, 2.45) is 5.92 Å². The van der Waals surface area contributed by atoms with Crippen molar-refractivity contribution in [1.82, 2.24) is 10.2 Å². The quantitative estimate of drug-likeness (QED) is 0.811. The molecule has 1 saturated carbocycles. The van der Waals surface area contributed by atoms with Gasteiger partial charge in [-0.15, -0.1) is 0 Å². The van der Waals surface area contributed by atoms with Crippen LogP contribution in [0.2, 0.25) is 0 Å². The van der Waals surface area contributed by atoms with E-state index in [1.807, 2.05) is 7.05 Å². The van der Waals surface area contributed by atoms with Gasteiger partial charge >= 0.3 is 0 Å². The van der Waals surface area contributed by atoms with Crippen LogP contribution in [0.25, 0.3) is 0 Å². The summed E-state index contributed by atoms with van der Waals surface area (Å²) in [7, 11) is 4.23. The molecule has 1 fully saturated rings. The second kappa shape index (κ2) is 5.65. The minimum atomic E-state index is 0.729. The van der Waals surface area contributed by atoms with E-state index < -0.39 is 0 Å². The molecule has 0 heterocycles. The minimum absolute atomic E-state index is 0.729. The van der Waals surface area contributed by atoms with E-state index >= 15 is 0 Å². The summed E-state index contributed by atoms with van der Waals surface area (Å²) in [6.45, 7) is 4.37. The number of rotatable bonds is 6. The highest BCUT2D eigenvalue weighted by Crippen LogP contribution is 2.35. The Morgan fingerprint density at radius 3 is 2.35 bits per heavy atom. The SMILES string of the molecule is CNCc1ccc(CN(C)C(C)C2CC2)cc1. The fraction of sp³-hybridized carbons (Fsp3) is 0.600. The molecular formula is C15H24N2. The molecular weight excluding hydrogens is 208 g/mol. The lowest BCUT2D eigenvalue weighted by molar-refractivity contribution is 0.226. The fourth-order valence-electron chi connectivity index (χ4n) is 2.34. The molecule has 0 aromatic heterocycles. The molecule has 2 heteroatoms. The molecule has 2 rings (SSSR count). The predicted octanol–water partition coefficient (Wildman–Crippen LogP) is 2.64. The summed E-state index contributed by atoms with van der Waals surface area (Å²) in [5.41, 5.74) is 2.77. The van der Waals surface area contributed by atoms with Crippen LogP contribution in [-0.2, 0) is 13.1 Å². The molecule has 1 aromatic carbocycles. The van der Waals surface area contributed by atoms with Crippen molar-refractivity contribution in [3.05, 3.63) is 35.4 Å². The van der Waals surface area contributed by atoms with E-state index in [9.17, 15) is 0 Å². The summed E-state index contributed by atoms with van der Waals surface area (Å²) >= 11 is 0. The van der Waals surface area contributed by atoms with Crippen molar-refractivity contribution >= 4 is 0 Å². The summed E-state index contributed by atoms with van der Waals surface area (Å²) in [6.07, 6.45) is 2.85. The van der Waals surface area contributed by atoms with Crippen LogP contribution in [0.4, 0.5) is 0 Å². The normalized spacial score (nSPS) is 17.4. The van der Waals surface area contributed by atoms with E-state index in [1.165, 1.54) is 24.0 Å². The molecule has 0 radical (unpaired) electrons. The van der Waals surface area contributed by atoms with Gasteiger partial charge in [0.25, 0.3) is 0 Å². The largest absolute Gasteiger partial charge is 0.316 e. The maximum Gasteiger partial charge on any atom is 0.0233 e. The third-order valence-electron chi connectivity index (χ3n) is 3.84. The molecule has 1 atom stereocenters. The number of nitrogens with one attached hydrogen (secondary N) is 1. The van der Waals surface area contributed by atoms with Gasteiger partial charge in [-0.3, -0.25) is 4.90 Å². The van der Waals surface area contributed by atoms with Crippen molar-refractivity contribution in [3.8, 4) is 0 Å². The van der Waals surface area contributed by atoms with Crippen LogP contribution in [-0.4, -0.2) is 25.0 Å². The van der Waals surface area contributed by atoms with E-state index in [-0.39, 0.29) is 0 Å². The van der Waals surface area contributed by atoms with Crippen molar-refractivity contribution in [2.75, 3.05) is 14.1 Å². The average molecular weight is 232 g/mol. The van der Waals surface area contributed by atoms with Gasteiger partial charge in [0.15, 0.2) is 0 Å². The van der Waals surface area contributed by atoms with Gasteiger partial charge < -0.3 is 5.32 Å². The number of hydrogen-bond donors (Lipinski definition) is 1. The molecule has 1 unspecified atom stereocenters. The maximum atomic E-state index is 3.18. The topological polar surface area (TPSA) is 15.3 Å². The second-order valence-electron chi connectivity index (χ2n) is 5.34. The van der Waals surface area contributed by atoms with Crippen LogP contribution in [0.5, 0.6) is 0 Å². The van der Waals surface area contributed by atoms with Gasteiger partial charge in [0, 0.05) is 19.1 Å². The van der Waals surface area contributed by atoms with E-state index in [0.717, 1.165) is 25.0 Å².